The lowest BCUT2D eigenvalue weighted by Crippen LogP contribution is -2.50. The summed E-state index contributed by atoms with van der Waals surface area (Å²) in [5.41, 5.74) is 6.56. The fourth-order valence-electron chi connectivity index (χ4n) is 4.73. The van der Waals surface area contributed by atoms with Crippen molar-refractivity contribution < 1.29 is 4.79 Å². The van der Waals surface area contributed by atoms with Gasteiger partial charge in [-0.3, -0.25) is 14.2 Å². The molecule has 2 radical (unpaired) electrons. The predicted molar refractivity (Wildman–Crippen MR) is 106 cm³/mol. The Labute approximate surface area is 163 Å². The van der Waals surface area contributed by atoms with Crippen molar-refractivity contribution >= 4 is 36.5 Å². The van der Waals surface area contributed by atoms with Crippen molar-refractivity contribution in [2.75, 3.05) is 11.1 Å². The highest BCUT2D eigenvalue weighted by Gasteiger charge is 2.54. The molecule has 8 nitrogen and oxygen atoms in total. The number of anilines is 3. The van der Waals surface area contributed by atoms with Crippen LogP contribution in [0.15, 0.2) is 17.2 Å². The van der Waals surface area contributed by atoms with Gasteiger partial charge in [0.2, 0.25) is 0 Å². The van der Waals surface area contributed by atoms with Crippen molar-refractivity contribution in [2.45, 2.75) is 51.1 Å². The standard InChI is InChI=1S/C19H21BN6O2/c1-10-13(20)14(24-12-8-11(21)22-9-23-12)17(28)26-15(10)16(27)25-19(26)6-4-18(2-3-18)5-7-19/h8-9H,2-7H2,1H3,(H,25,27)(H3,21,22,23,24). The van der Waals surface area contributed by atoms with E-state index >= 15 is 0 Å². The topological polar surface area (TPSA) is 115 Å². The van der Waals surface area contributed by atoms with Gasteiger partial charge in [-0.25, -0.2) is 9.97 Å². The molecule has 2 aromatic heterocycles. The van der Waals surface area contributed by atoms with E-state index < -0.39 is 5.66 Å². The second-order valence-corrected chi connectivity index (χ2v) is 8.34. The molecule has 142 valence electrons. The van der Waals surface area contributed by atoms with E-state index in [4.69, 9.17) is 13.6 Å². The van der Waals surface area contributed by atoms with Crippen LogP contribution in [-0.2, 0) is 5.66 Å². The van der Waals surface area contributed by atoms with Gasteiger partial charge in [0, 0.05) is 6.07 Å². The van der Waals surface area contributed by atoms with Gasteiger partial charge < -0.3 is 16.4 Å². The van der Waals surface area contributed by atoms with Gasteiger partial charge in [-0.1, -0.05) is 5.46 Å². The van der Waals surface area contributed by atoms with Gasteiger partial charge in [0.15, 0.2) is 0 Å². The molecule has 2 aliphatic carbocycles. The molecule has 0 saturated heterocycles. The third kappa shape index (κ3) is 2.38. The number of hydrogen-bond acceptors (Lipinski definition) is 6. The van der Waals surface area contributed by atoms with Gasteiger partial charge in [0.1, 0.15) is 37.2 Å². The molecule has 4 N–H and O–H groups in total. The number of hydrogen-bond donors (Lipinski definition) is 3. The molecule has 2 saturated carbocycles. The molecule has 3 heterocycles. The minimum absolute atomic E-state index is 0.210. The Hall–Kier alpha value is -2.84. The lowest BCUT2D eigenvalue weighted by atomic mass is 9.79. The molecule has 1 aliphatic heterocycles. The average Bonchev–Trinajstić information content (AvgIpc) is 3.37. The normalized spacial score (nSPS) is 20.8. The van der Waals surface area contributed by atoms with Crippen LogP contribution in [0.4, 0.5) is 17.3 Å². The summed E-state index contributed by atoms with van der Waals surface area (Å²) in [6.07, 6.45) is 7.38. The number of aromatic nitrogens is 3. The maximum atomic E-state index is 13.5. The Balaban J connectivity index is 1.63. The van der Waals surface area contributed by atoms with Gasteiger partial charge >= 0.3 is 0 Å². The average molecular weight is 376 g/mol. The van der Waals surface area contributed by atoms with E-state index in [1.165, 1.54) is 25.2 Å². The van der Waals surface area contributed by atoms with Gasteiger partial charge in [-0.05, 0) is 56.4 Å². The molecule has 9 heteroatoms. The van der Waals surface area contributed by atoms with Crippen LogP contribution >= 0.6 is 0 Å². The fraction of sp³-hybridized carbons (Fsp3) is 0.474. The van der Waals surface area contributed by atoms with Gasteiger partial charge in [-0.2, -0.15) is 0 Å². The maximum Gasteiger partial charge on any atom is 0.276 e. The van der Waals surface area contributed by atoms with Crippen molar-refractivity contribution in [3.05, 3.63) is 34.0 Å². The van der Waals surface area contributed by atoms with Gasteiger partial charge in [-0.15, -0.1) is 0 Å². The molecule has 0 aromatic carbocycles. The van der Waals surface area contributed by atoms with E-state index in [0.717, 1.165) is 25.7 Å². The van der Waals surface area contributed by atoms with E-state index in [9.17, 15) is 9.59 Å². The minimum atomic E-state index is -0.670. The molecule has 0 bridgehead atoms. The van der Waals surface area contributed by atoms with Crippen LogP contribution in [0.5, 0.6) is 0 Å². The Kier molecular flexibility index (Phi) is 3.45. The van der Waals surface area contributed by atoms with E-state index in [1.807, 2.05) is 0 Å². The first-order valence-electron chi connectivity index (χ1n) is 9.57. The zero-order chi connectivity index (χ0) is 19.7. The molecule has 3 aliphatic rings. The molecule has 2 spiro atoms. The van der Waals surface area contributed by atoms with Crippen molar-refractivity contribution in [3.8, 4) is 0 Å². The SMILES string of the molecule is [B]c1c(C)c2n(c(=O)c1Nc1cc(N)ncn1)C1(CCC3(CC3)CC1)NC2=O. The van der Waals surface area contributed by atoms with Crippen molar-refractivity contribution in [2.24, 2.45) is 5.41 Å². The van der Waals surface area contributed by atoms with Crippen molar-refractivity contribution in [1.82, 2.24) is 19.9 Å². The molecule has 28 heavy (non-hydrogen) atoms. The number of nitrogen functional groups attached to an aromatic ring is 1. The summed E-state index contributed by atoms with van der Waals surface area (Å²) in [5.74, 6) is 0.429. The van der Waals surface area contributed by atoms with Crippen LogP contribution in [0.1, 0.15) is 54.6 Å². The largest absolute Gasteiger partial charge is 0.384 e. The highest BCUT2D eigenvalue weighted by atomic mass is 16.2. The first-order chi connectivity index (χ1) is 13.3. The monoisotopic (exact) mass is 376 g/mol. The number of carbonyl (C=O) groups is 1. The fourth-order valence-corrected chi connectivity index (χ4v) is 4.73. The number of amides is 1. The zero-order valence-corrected chi connectivity index (χ0v) is 15.7. The number of nitrogens with two attached hydrogens (primary N) is 1. The third-order valence-corrected chi connectivity index (χ3v) is 6.69. The molecule has 5 rings (SSSR count). The summed E-state index contributed by atoms with van der Waals surface area (Å²) in [6, 6.07) is 1.53. The summed E-state index contributed by atoms with van der Waals surface area (Å²) in [6.45, 7) is 1.77. The Morgan fingerprint density at radius 3 is 2.50 bits per heavy atom. The van der Waals surface area contributed by atoms with Crippen LogP contribution in [0.3, 0.4) is 0 Å². The van der Waals surface area contributed by atoms with Crippen LogP contribution in [-0.4, -0.2) is 28.3 Å². The van der Waals surface area contributed by atoms with Crippen molar-refractivity contribution in [3.63, 3.8) is 0 Å². The number of rotatable bonds is 2. The van der Waals surface area contributed by atoms with Gasteiger partial charge in [0.05, 0.1) is 5.69 Å². The number of nitrogens with one attached hydrogen (secondary N) is 2. The van der Waals surface area contributed by atoms with E-state index in [0.29, 0.717) is 22.5 Å². The maximum absolute atomic E-state index is 13.5. The third-order valence-electron chi connectivity index (χ3n) is 6.69. The van der Waals surface area contributed by atoms with E-state index in [1.54, 1.807) is 11.5 Å². The van der Waals surface area contributed by atoms with Gasteiger partial charge in [0.25, 0.3) is 11.5 Å². The molecular formula is C19H21BN6O2. The minimum Gasteiger partial charge on any atom is -0.384 e. The summed E-state index contributed by atoms with van der Waals surface area (Å²) in [7, 11) is 6.25. The second kappa shape index (κ2) is 5.59. The second-order valence-electron chi connectivity index (χ2n) is 8.34. The lowest BCUT2D eigenvalue weighted by molar-refractivity contribution is 0.0822. The highest BCUT2D eigenvalue weighted by Crippen LogP contribution is 2.59. The Morgan fingerprint density at radius 2 is 1.86 bits per heavy atom. The molecule has 1 amide bonds. The van der Waals surface area contributed by atoms with Crippen molar-refractivity contribution in [1.29, 1.82) is 0 Å². The summed E-state index contributed by atoms with van der Waals surface area (Å²) in [4.78, 5) is 34.2. The highest BCUT2D eigenvalue weighted by molar-refractivity contribution is 6.37. The molecule has 2 aromatic rings. The number of fused-ring (bicyclic) bond motifs is 2. The van der Waals surface area contributed by atoms with Crippen LogP contribution in [0.25, 0.3) is 0 Å². The molecule has 0 atom stereocenters. The zero-order valence-electron chi connectivity index (χ0n) is 15.7. The summed E-state index contributed by atoms with van der Waals surface area (Å²) >= 11 is 0. The van der Waals surface area contributed by atoms with Crippen LogP contribution in [0.2, 0.25) is 0 Å². The van der Waals surface area contributed by atoms with E-state index in [-0.39, 0.29) is 28.4 Å². The number of pyridine rings is 1. The molecule has 2 fully saturated rings. The summed E-state index contributed by atoms with van der Waals surface area (Å²) < 4.78 is 1.63. The van der Waals surface area contributed by atoms with Crippen LogP contribution in [0, 0.1) is 12.3 Å². The van der Waals surface area contributed by atoms with E-state index in [2.05, 4.69) is 20.6 Å². The Morgan fingerprint density at radius 1 is 1.18 bits per heavy atom. The smallest absolute Gasteiger partial charge is 0.276 e. The lowest BCUT2D eigenvalue weighted by Gasteiger charge is -2.39. The molecule has 0 unspecified atom stereocenters. The first-order valence-corrected chi connectivity index (χ1v) is 9.57. The van der Waals surface area contributed by atoms with Crippen LogP contribution < -0.4 is 27.4 Å². The quantitative estimate of drug-likeness (QED) is 0.669. The Bertz CT molecular complexity index is 1060. The number of nitrogens with zero attached hydrogens (tertiary/aromatic N) is 3. The predicted octanol–water partition coefficient (Wildman–Crippen LogP) is 0.817. The summed E-state index contributed by atoms with van der Waals surface area (Å²) in [5, 5.41) is 6.09. The number of carbonyl (C=O) groups excluding carboxylic acids is 1. The first kappa shape index (κ1) is 17.3. The molecular weight excluding hydrogens is 355 g/mol.